The molecule has 1 aliphatic heterocycles. The van der Waals surface area contributed by atoms with Gasteiger partial charge in [-0.3, -0.25) is 0 Å². The highest BCUT2D eigenvalue weighted by atomic mass is 32.2. The summed E-state index contributed by atoms with van der Waals surface area (Å²) in [7, 11) is -3.35. The SMILES string of the molecule is CC(C)NCc1cc(S(=O)(=O)NC2CCSCC2)cs1. The number of thiophene rings is 1. The van der Waals surface area contributed by atoms with Crippen LogP contribution < -0.4 is 10.0 Å². The number of hydrogen-bond donors (Lipinski definition) is 2. The standard InChI is InChI=1S/C13H22N2O2S3/c1-10(2)14-8-12-7-13(9-19-12)20(16,17)15-11-3-5-18-6-4-11/h7,9-11,14-15H,3-6,8H2,1-2H3. The van der Waals surface area contributed by atoms with Crippen LogP contribution in [0, 0.1) is 0 Å². The van der Waals surface area contributed by atoms with Crippen molar-refractivity contribution >= 4 is 33.1 Å². The number of nitrogens with one attached hydrogen (secondary N) is 2. The third-order valence-electron chi connectivity index (χ3n) is 3.17. The van der Waals surface area contributed by atoms with Crippen LogP contribution in [-0.4, -0.2) is 32.0 Å². The van der Waals surface area contributed by atoms with E-state index in [4.69, 9.17) is 0 Å². The molecule has 1 aliphatic rings. The van der Waals surface area contributed by atoms with Crippen LogP contribution in [0.3, 0.4) is 0 Å². The van der Waals surface area contributed by atoms with E-state index in [1.54, 1.807) is 11.4 Å². The minimum absolute atomic E-state index is 0.0957. The first kappa shape index (κ1) is 16.3. The summed E-state index contributed by atoms with van der Waals surface area (Å²) in [6.45, 7) is 4.87. The van der Waals surface area contributed by atoms with E-state index < -0.39 is 10.0 Å². The van der Waals surface area contributed by atoms with Gasteiger partial charge < -0.3 is 5.32 Å². The van der Waals surface area contributed by atoms with Crippen LogP contribution >= 0.6 is 23.1 Å². The largest absolute Gasteiger partial charge is 0.310 e. The van der Waals surface area contributed by atoms with E-state index in [1.165, 1.54) is 11.3 Å². The number of hydrogen-bond acceptors (Lipinski definition) is 5. The van der Waals surface area contributed by atoms with Gasteiger partial charge in [0.1, 0.15) is 0 Å². The van der Waals surface area contributed by atoms with E-state index in [-0.39, 0.29) is 6.04 Å². The second kappa shape index (κ2) is 7.26. The Hall–Kier alpha value is -0.0800. The van der Waals surface area contributed by atoms with Gasteiger partial charge in [0.15, 0.2) is 0 Å². The Bertz CT molecular complexity index is 519. The topological polar surface area (TPSA) is 58.2 Å². The molecule has 2 heterocycles. The average molecular weight is 335 g/mol. The highest BCUT2D eigenvalue weighted by molar-refractivity contribution is 7.99. The zero-order chi connectivity index (χ0) is 14.6. The zero-order valence-corrected chi connectivity index (χ0v) is 14.3. The molecule has 0 radical (unpaired) electrons. The van der Waals surface area contributed by atoms with E-state index in [1.807, 2.05) is 11.8 Å². The fourth-order valence-electron chi connectivity index (χ4n) is 2.00. The Labute approximate surface area is 129 Å². The summed E-state index contributed by atoms with van der Waals surface area (Å²) in [6.07, 6.45) is 1.85. The summed E-state index contributed by atoms with van der Waals surface area (Å²) in [6, 6.07) is 2.27. The third kappa shape index (κ3) is 4.73. The van der Waals surface area contributed by atoms with Crippen molar-refractivity contribution in [1.29, 1.82) is 0 Å². The fourth-order valence-corrected chi connectivity index (χ4v) is 5.64. The lowest BCUT2D eigenvalue weighted by Gasteiger charge is -2.21. The van der Waals surface area contributed by atoms with Crippen molar-refractivity contribution in [2.45, 2.75) is 50.2 Å². The van der Waals surface area contributed by atoms with E-state index in [0.29, 0.717) is 10.9 Å². The smallest absolute Gasteiger partial charge is 0.241 e. The molecule has 0 spiro atoms. The molecule has 0 unspecified atom stereocenters. The molecule has 2 N–H and O–H groups in total. The Kier molecular flexibility index (Phi) is 5.92. The van der Waals surface area contributed by atoms with Gasteiger partial charge in [0, 0.05) is 28.9 Å². The molecule has 1 fully saturated rings. The van der Waals surface area contributed by atoms with E-state index in [0.717, 1.165) is 35.8 Å². The van der Waals surface area contributed by atoms with Crippen molar-refractivity contribution in [3.63, 3.8) is 0 Å². The minimum atomic E-state index is -3.35. The molecule has 0 atom stereocenters. The van der Waals surface area contributed by atoms with Crippen molar-refractivity contribution in [3.8, 4) is 0 Å². The predicted octanol–water partition coefficient (Wildman–Crippen LogP) is 2.42. The summed E-state index contributed by atoms with van der Waals surface area (Å²) in [5, 5.41) is 5.03. The van der Waals surface area contributed by atoms with Crippen LogP contribution in [0.25, 0.3) is 0 Å². The Morgan fingerprint density at radius 1 is 1.35 bits per heavy atom. The summed E-state index contributed by atoms with van der Waals surface area (Å²) in [5.41, 5.74) is 0. The van der Waals surface area contributed by atoms with E-state index in [9.17, 15) is 8.42 Å². The molecular weight excluding hydrogens is 312 g/mol. The second-order valence-corrected chi connectivity index (χ2v) is 9.23. The Balaban J connectivity index is 1.98. The molecule has 7 heteroatoms. The first-order valence-corrected chi connectivity index (χ1v) is 10.4. The maximum Gasteiger partial charge on any atom is 0.241 e. The zero-order valence-electron chi connectivity index (χ0n) is 11.9. The number of rotatable bonds is 6. The first-order valence-electron chi connectivity index (χ1n) is 6.88. The van der Waals surface area contributed by atoms with Crippen molar-refractivity contribution in [1.82, 2.24) is 10.0 Å². The molecule has 1 aromatic rings. The van der Waals surface area contributed by atoms with Crippen molar-refractivity contribution in [2.75, 3.05) is 11.5 Å². The van der Waals surface area contributed by atoms with Gasteiger partial charge in [0.05, 0.1) is 4.90 Å². The molecule has 0 amide bonds. The molecule has 20 heavy (non-hydrogen) atoms. The van der Waals surface area contributed by atoms with Gasteiger partial charge in [-0.15, -0.1) is 11.3 Å². The molecule has 0 bridgehead atoms. The number of sulfonamides is 1. The van der Waals surface area contributed by atoms with E-state index in [2.05, 4.69) is 23.9 Å². The predicted molar refractivity (Wildman–Crippen MR) is 87.0 cm³/mol. The van der Waals surface area contributed by atoms with Crippen LogP contribution in [0.1, 0.15) is 31.6 Å². The molecule has 114 valence electrons. The third-order valence-corrected chi connectivity index (χ3v) is 6.80. The maximum atomic E-state index is 12.3. The second-order valence-electron chi connectivity index (χ2n) is 5.29. The highest BCUT2D eigenvalue weighted by Crippen LogP contribution is 2.22. The van der Waals surface area contributed by atoms with Gasteiger partial charge >= 0.3 is 0 Å². The normalized spacial score (nSPS) is 17.8. The lowest BCUT2D eigenvalue weighted by molar-refractivity contribution is 0.529. The molecule has 4 nitrogen and oxygen atoms in total. The summed E-state index contributed by atoms with van der Waals surface area (Å²) in [4.78, 5) is 1.46. The van der Waals surface area contributed by atoms with Crippen molar-refractivity contribution in [2.24, 2.45) is 0 Å². The molecule has 0 aromatic carbocycles. The summed E-state index contributed by atoms with van der Waals surface area (Å²) in [5.74, 6) is 2.08. The van der Waals surface area contributed by atoms with Gasteiger partial charge in [-0.05, 0) is 30.4 Å². The van der Waals surface area contributed by atoms with Gasteiger partial charge in [0.2, 0.25) is 10.0 Å². The van der Waals surface area contributed by atoms with Gasteiger partial charge in [-0.2, -0.15) is 11.8 Å². The van der Waals surface area contributed by atoms with Crippen LogP contribution in [0.5, 0.6) is 0 Å². The monoisotopic (exact) mass is 334 g/mol. The molecule has 2 rings (SSSR count). The van der Waals surface area contributed by atoms with E-state index >= 15 is 0 Å². The number of thioether (sulfide) groups is 1. The quantitative estimate of drug-likeness (QED) is 0.839. The Morgan fingerprint density at radius 3 is 2.70 bits per heavy atom. The minimum Gasteiger partial charge on any atom is -0.310 e. The molecule has 1 saturated heterocycles. The van der Waals surface area contributed by atoms with Crippen LogP contribution in [0.2, 0.25) is 0 Å². The van der Waals surface area contributed by atoms with Crippen LogP contribution in [0.4, 0.5) is 0 Å². The van der Waals surface area contributed by atoms with Crippen molar-refractivity contribution in [3.05, 3.63) is 16.3 Å². The van der Waals surface area contributed by atoms with Gasteiger partial charge in [-0.1, -0.05) is 13.8 Å². The average Bonchev–Trinajstić information content (AvgIpc) is 2.86. The van der Waals surface area contributed by atoms with Gasteiger partial charge in [-0.25, -0.2) is 13.1 Å². The molecule has 1 aromatic heterocycles. The fraction of sp³-hybridized carbons (Fsp3) is 0.692. The molecule has 0 saturated carbocycles. The molecular formula is C13H22N2O2S3. The Morgan fingerprint density at radius 2 is 2.05 bits per heavy atom. The van der Waals surface area contributed by atoms with Gasteiger partial charge in [0.25, 0.3) is 0 Å². The summed E-state index contributed by atoms with van der Waals surface area (Å²) < 4.78 is 27.5. The van der Waals surface area contributed by atoms with Crippen LogP contribution in [-0.2, 0) is 16.6 Å². The lowest BCUT2D eigenvalue weighted by atomic mass is 10.2. The maximum absolute atomic E-state index is 12.3. The summed E-state index contributed by atoms with van der Waals surface area (Å²) >= 11 is 3.39. The first-order chi connectivity index (χ1) is 9.47. The van der Waals surface area contributed by atoms with Crippen LogP contribution in [0.15, 0.2) is 16.3 Å². The lowest BCUT2D eigenvalue weighted by Crippen LogP contribution is -2.37. The van der Waals surface area contributed by atoms with Crippen molar-refractivity contribution < 1.29 is 8.42 Å². The highest BCUT2D eigenvalue weighted by Gasteiger charge is 2.22. The molecule has 0 aliphatic carbocycles.